The van der Waals surface area contributed by atoms with Crippen LogP contribution in [-0.4, -0.2) is 54.3 Å². The van der Waals surface area contributed by atoms with Crippen molar-refractivity contribution in [3.05, 3.63) is 29.2 Å². The molecule has 0 spiro atoms. The molecule has 0 radical (unpaired) electrons. The SMILES string of the molecule is CCCCN(C)C(=O)OC/C(=C(/N)c1ccc(OC2CCCCC2)c(C#N)n1)N(C)N. The molecule has 9 heteroatoms. The standard InChI is InChI=1S/C22H34N6O3/c1-4-5-13-27(2)22(29)30-15-19(28(3)25)21(24)17-11-12-20(18(14-23)26-17)31-16-9-7-6-8-10-16/h11-12,16H,4-10,13,15,24-25H2,1-3H3/b21-19-. The highest BCUT2D eigenvalue weighted by atomic mass is 16.6. The maximum absolute atomic E-state index is 12.2. The third kappa shape index (κ3) is 7.03. The molecule has 1 amide bonds. The van der Waals surface area contributed by atoms with Crippen LogP contribution in [0.25, 0.3) is 5.70 Å². The van der Waals surface area contributed by atoms with Crippen molar-refractivity contribution in [2.24, 2.45) is 11.6 Å². The van der Waals surface area contributed by atoms with Crippen LogP contribution >= 0.6 is 0 Å². The highest BCUT2D eigenvalue weighted by Crippen LogP contribution is 2.26. The first-order valence-electron chi connectivity index (χ1n) is 10.8. The summed E-state index contributed by atoms with van der Waals surface area (Å²) in [6.45, 7) is 2.55. The molecule has 2 rings (SSSR count). The number of nitrogens with two attached hydrogens (primary N) is 2. The van der Waals surface area contributed by atoms with Crippen molar-refractivity contribution in [3.8, 4) is 11.8 Å². The third-order valence-corrected chi connectivity index (χ3v) is 5.31. The van der Waals surface area contributed by atoms with E-state index in [1.54, 1.807) is 26.2 Å². The van der Waals surface area contributed by atoms with Gasteiger partial charge in [-0.15, -0.1) is 0 Å². The summed E-state index contributed by atoms with van der Waals surface area (Å²) in [5.74, 6) is 6.37. The van der Waals surface area contributed by atoms with Crippen LogP contribution in [-0.2, 0) is 4.74 Å². The van der Waals surface area contributed by atoms with Gasteiger partial charge in [-0.05, 0) is 44.2 Å². The second kappa shape index (κ2) is 12.0. The second-order valence-electron chi connectivity index (χ2n) is 7.83. The number of ether oxygens (including phenoxy) is 2. The molecule has 0 aromatic carbocycles. The van der Waals surface area contributed by atoms with Gasteiger partial charge in [-0.1, -0.05) is 19.8 Å². The zero-order chi connectivity index (χ0) is 22.8. The van der Waals surface area contributed by atoms with Gasteiger partial charge in [0, 0.05) is 20.6 Å². The number of hydrogen-bond acceptors (Lipinski definition) is 8. The van der Waals surface area contributed by atoms with Gasteiger partial charge < -0.3 is 25.1 Å². The average Bonchev–Trinajstić information content (AvgIpc) is 2.77. The first-order chi connectivity index (χ1) is 14.9. The molecule has 9 nitrogen and oxygen atoms in total. The Hall–Kier alpha value is -2.99. The van der Waals surface area contributed by atoms with Crippen molar-refractivity contribution in [2.45, 2.75) is 58.0 Å². The Labute approximate surface area is 184 Å². The zero-order valence-corrected chi connectivity index (χ0v) is 18.8. The number of unbranched alkanes of at least 4 members (excludes halogenated alkanes) is 1. The molecule has 1 heterocycles. The maximum atomic E-state index is 12.2. The van der Waals surface area contributed by atoms with Gasteiger partial charge in [-0.25, -0.2) is 15.6 Å². The summed E-state index contributed by atoms with van der Waals surface area (Å²) in [5.41, 5.74) is 7.43. The van der Waals surface area contributed by atoms with Gasteiger partial charge in [0.15, 0.2) is 11.4 Å². The monoisotopic (exact) mass is 430 g/mol. The van der Waals surface area contributed by atoms with E-state index in [1.165, 1.54) is 16.3 Å². The Morgan fingerprint density at radius 3 is 2.61 bits per heavy atom. The minimum absolute atomic E-state index is 0.108. The summed E-state index contributed by atoms with van der Waals surface area (Å²) >= 11 is 0. The van der Waals surface area contributed by atoms with Crippen molar-refractivity contribution in [3.63, 3.8) is 0 Å². The van der Waals surface area contributed by atoms with Crippen LogP contribution in [0, 0.1) is 11.3 Å². The molecule has 1 fully saturated rings. The molecule has 4 N–H and O–H groups in total. The van der Waals surface area contributed by atoms with Gasteiger partial charge in [0.1, 0.15) is 12.7 Å². The van der Waals surface area contributed by atoms with Crippen LogP contribution in [0.5, 0.6) is 5.75 Å². The minimum Gasteiger partial charge on any atom is -0.487 e. The molecule has 0 saturated heterocycles. The fourth-order valence-corrected chi connectivity index (χ4v) is 3.38. The van der Waals surface area contributed by atoms with E-state index in [9.17, 15) is 10.1 Å². The molecule has 1 aromatic heterocycles. The van der Waals surface area contributed by atoms with E-state index in [0.717, 1.165) is 38.5 Å². The number of carbonyl (C=O) groups excluding carboxylic acids is 1. The number of pyridine rings is 1. The minimum atomic E-state index is -0.456. The number of likely N-dealkylation sites (N-methyl/N-ethyl adjacent to an activating group) is 1. The van der Waals surface area contributed by atoms with Gasteiger partial charge in [0.2, 0.25) is 0 Å². The lowest BCUT2D eigenvalue weighted by atomic mass is 9.98. The van der Waals surface area contributed by atoms with E-state index in [4.69, 9.17) is 21.1 Å². The highest BCUT2D eigenvalue weighted by molar-refractivity contribution is 5.68. The first-order valence-corrected chi connectivity index (χ1v) is 10.8. The Kier molecular flexibility index (Phi) is 9.40. The molecule has 1 aliphatic carbocycles. The number of aromatic nitrogens is 1. The Morgan fingerprint density at radius 1 is 1.29 bits per heavy atom. The van der Waals surface area contributed by atoms with Crippen LogP contribution in [0.4, 0.5) is 4.79 Å². The molecule has 170 valence electrons. The van der Waals surface area contributed by atoms with Gasteiger partial charge >= 0.3 is 6.09 Å². The number of amides is 1. The fourth-order valence-electron chi connectivity index (χ4n) is 3.38. The smallest absolute Gasteiger partial charge is 0.409 e. The van der Waals surface area contributed by atoms with E-state index >= 15 is 0 Å². The molecule has 0 bridgehead atoms. The van der Waals surface area contributed by atoms with Crippen LogP contribution in [0.2, 0.25) is 0 Å². The fraction of sp³-hybridized carbons (Fsp3) is 0.591. The number of carbonyl (C=O) groups is 1. The molecule has 0 unspecified atom stereocenters. The molecular formula is C22H34N6O3. The van der Waals surface area contributed by atoms with Gasteiger partial charge in [-0.3, -0.25) is 0 Å². The van der Waals surface area contributed by atoms with Crippen LogP contribution in [0.1, 0.15) is 63.3 Å². The van der Waals surface area contributed by atoms with Crippen molar-refractivity contribution >= 4 is 11.8 Å². The predicted octanol–water partition coefficient (Wildman–Crippen LogP) is 2.97. The van der Waals surface area contributed by atoms with Crippen LogP contribution in [0.15, 0.2) is 17.8 Å². The summed E-state index contributed by atoms with van der Waals surface area (Å²) in [6, 6.07) is 5.48. The predicted molar refractivity (Wildman–Crippen MR) is 118 cm³/mol. The van der Waals surface area contributed by atoms with Crippen molar-refractivity contribution in [1.29, 1.82) is 5.26 Å². The van der Waals surface area contributed by atoms with E-state index < -0.39 is 6.09 Å². The largest absolute Gasteiger partial charge is 0.487 e. The maximum Gasteiger partial charge on any atom is 0.409 e. The van der Waals surface area contributed by atoms with Crippen molar-refractivity contribution in [2.75, 3.05) is 27.2 Å². The summed E-state index contributed by atoms with van der Waals surface area (Å²) in [4.78, 5) is 18.0. The topological polar surface area (TPSA) is 131 Å². The molecule has 31 heavy (non-hydrogen) atoms. The van der Waals surface area contributed by atoms with Crippen LogP contribution in [0.3, 0.4) is 0 Å². The number of nitriles is 1. The van der Waals surface area contributed by atoms with Gasteiger partial charge in [-0.2, -0.15) is 5.26 Å². The normalized spacial score (nSPS) is 14.9. The lowest BCUT2D eigenvalue weighted by Gasteiger charge is -2.24. The summed E-state index contributed by atoms with van der Waals surface area (Å²) in [5, 5.41) is 10.8. The van der Waals surface area contributed by atoms with E-state index in [-0.39, 0.29) is 24.1 Å². The Morgan fingerprint density at radius 2 is 2.00 bits per heavy atom. The Bertz CT molecular complexity index is 812. The molecule has 1 saturated carbocycles. The number of rotatable bonds is 9. The first kappa shape index (κ1) is 24.3. The summed E-state index contributed by atoms with van der Waals surface area (Å²) in [7, 11) is 3.28. The van der Waals surface area contributed by atoms with Crippen LogP contribution < -0.4 is 16.3 Å². The summed E-state index contributed by atoms with van der Waals surface area (Å²) < 4.78 is 11.4. The quantitative estimate of drug-likeness (QED) is 0.451. The lowest BCUT2D eigenvalue weighted by Crippen LogP contribution is -2.34. The Balaban J connectivity index is 2.16. The molecule has 1 aromatic rings. The lowest BCUT2D eigenvalue weighted by molar-refractivity contribution is 0.113. The average molecular weight is 431 g/mol. The van der Waals surface area contributed by atoms with E-state index in [1.807, 2.05) is 0 Å². The highest BCUT2D eigenvalue weighted by Gasteiger charge is 2.19. The molecule has 0 aliphatic heterocycles. The van der Waals surface area contributed by atoms with Gasteiger partial charge in [0.05, 0.1) is 23.2 Å². The molecule has 0 atom stereocenters. The number of hydrogen-bond donors (Lipinski definition) is 2. The number of nitrogens with zero attached hydrogens (tertiary/aromatic N) is 4. The van der Waals surface area contributed by atoms with E-state index in [0.29, 0.717) is 23.7 Å². The number of hydrazine groups is 1. The van der Waals surface area contributed by atoms with Crippen molar-refractivity contribution < 1.29 is 14.3 Å². The van der Waals surface area contributed by atoms with Crippen molar-refractivity contribution in [1.82, 2.24) is 14.9 Å². The molecule has 1 aliphatic rings. The van der Waals surface area contributed by atoms with Gasteiger partial charge in [0.25, 0.3) is 0 Å². The summed E-state index contributed by atoms with van der Waals surface area (Å²) in [6.07, 6.45) is 6.97. The third-order valence-electron chi connectivity index (χ3n) is 5.31. The zero-order valence-electron chi connectivity index (χ0n) is 18.8. The van der Waals surface area contributed by atoms with E-state index in [2.05, 4.69) is 18.0 Å². The second-order valence-corrected chi connectivity index (χ2v) is 7.83. The molecular weight excluding hydrogens is 396 g/mol.